The number of nitrogens with zero attached hydrogens (tertiary/aromatic N) is 3. The standard InChI is InChI=1S/C26H41N5O3/c1-6-29(7-2)24(33)21-18-20(27-23(32)19-10-8-9-11-19)12-13-22(21)30-14-16-31(17-15-30)25(34)28-26(3,4)5/h12-13,18-19H,6-11,14-17H2,1-5H3,(H,27,32)(H,28,34). The molecule has 0 radical (unpaired) electrons. The molecule has 2 fully saturated rings. The quantitative estimate of drug-likeness (QED) is 0.658. The van der Waals surface area contributed by atoms with Crippen molar-refractivity contribution in [3.63, 3.8) is 0 Å². The number of hydrogen-bond acceptors (Lipinski definition) is 4. The zero-order valence-electron chi connectivity index (χ0n) is 21.4. The number of nitrogens with one attached hydrogen (secondary N) is 2. The summed E-state index contributed by atoms with van der Waals surface area (Å²) in [5.41, 5.74) is 1.84. The molecule has 0 unspecified atom stereocenters. The van der Waals surface area contributed by atoms with Gasteiger partial charge in [0.2, 0.25) is 5.91 Å². The summed E-state index contributed by atoms with van der Waals surface area (Å²) in [6.07, 6.45) is 4.06. The van der Waals surface area contributed by atoms with Crippen molar-refractivity contribution in [1.82, 2.24) is 15.1 Å². The zero-order chi connectivity index (χ0) is 24.9. The number of piperazine rings is 1. The van der Waals surface area contributed by atoms with E-state index in [1.54, 1.807) is 4.90 Å². The molecule has 0 aromatic heterocycles. The lowest BCUT2D eigenvalue weighted by atomic mass is 10.1. The molecule has 1 aliphatic carbocycles. The van der Waals surface area contributed by atoms with E-state index >= 15 is 0 Å². The fourth-order valence-corrected chi connectivity index (χ4v) is 4.72. The Morgan fingerprint density at radius 1 is 1.00 bits per heavy atom. The summed E-state index contributed by atoms with van der Waals surface area (Å²) in [6, 6.07) is 5.59. The Morgan fingerprint density at radius 2 is 1.62 bits per heavy atom. The summed E-state index contributed by atoms with van der Waals surface area (Å²) < 4.78 is 0. The van der Waals surface area contributed by atoms with Crippen LogP contribution in [-0.4, -0.2) is 72.5 Å². The highest BCUT2D eigenvalue weighted by atomic mass is 16.2. The van der Waals surface area contributed by atoms with Gasteiger partial charge in [-0.3, -0.25) is 9.59 Å². The van der Waals surface area contributed by atoms with E-state index in [0.717, 1.165) is 31.4 Å². The predicted molar refractivity (Wildman–Crippen MR) is 136 cm³/mol. The first kappa shape index (κ1) is 25.8. The molecule has 1 aliphatic heterocycles. The first-order chi connectivity index (χ1) is 16.1. The van der Waals surface area contributed by atoms with E-state index in [-0.39, 0.29) is 29.3 Å². The first-order valence-corrected chi connectivity index (χ1v) is 12.7. The van der Waals surface area contributed by atoms with Crippen LogP contribution < -0.4 is 15.5 Å². The average Bonchev–Trinajstić information content (AvgIpc) is 3.34. The van der Waals surface area contributed by atoms with Gasteiger partial charge < -0.3 is 25.3 Å². The van der Waals surface area contributed by atoms with E-state index in [4.69, 9.17) is 0 Å². The van der Waals surface area contributed by atoms with E-state index in [1.807, 2.05) is 57.7 Å². The smallest absolute Gasteiger partial charge is 0.317 e. The SMILES string of the molecule is CCN(CC)C(=O)c1cc(NC(=O)C2CCCC2)ccc1N1CCN(C(=O)NC(C)(C)C)CC1. The molecule has 8 heteroatoms. The van der Waals surface area contributed by atoms with Crippen LogP contribution in [-0.2, 0) is 4.79 Å². The molecule has 34 heavy (non-hydrogen) atoms. The van der Waals surface area contributed by atoms with Gasteiger partial charge in [0.15, 0.2) is 0 Å². The van der Waals surface area contributed by atoms with Crippen LogP contribution in [0.3, 0.4) is 0 Å². The van der Waals surface area contributed by atoms with Gasteiger partial charge in [-0.1, -0.05) is 12.8 Å². The number of amides is 4. The van der Waals surface area contributed by atoms with Gasteiger partial charge in [0.1, 0.15) is 0 Å². The summed E-state index contributed by atoms with van der Waals surface area (Å²) in [7, 11) is 0. The average molecular weight is 472 g/mol. The highest BCUT2D eigenvalue weighted by Crippen LogP contribution is 2.29. The minimum Gasteiger partial charge on any atom is -0.367 e. The Labute approximate surface area is 204 Å². The zero-order valence-corrected chi connectivity index (χ0v) is 21.4. The number of hydrogen-bond donors (Lipinski definition) is 2. The summed E-state index contributed by atoms with van der Waals surface area (Å²) >= 11 is 0. The van der Waals surface area contributed by atoms with Gasteiger partial charge in [0.25, 0.3) is 5.91 Å². The van der Waals surface area contributed by atoms with E-state index in [2.05, 4.69) is 15.5 Å². The van der Waals surface area contributed by atoms with Gasteiger partial charge in [0.05, 0.1) is 5.56 Å². The second-order valence-corrected chi connectivity index (χ2v) is 10.3. The van der Waals surface area contributed by atoms with E-state index in [9.17, 15) is 14.4 Å². The maximum Gasteiger partial charge on any atom is 0.317 e. The van der Waals surface area contributed by atoms with Gasteiger partial charge in [0, 0.05) is 62.1 Å². The molecule has 0 bridgehead atoms. The Morgan fingerprint density at radius 3 is 2.18 bits per heavy atom. The number of anilines is 2. The molecule has 0 spiro atoms. The topological polar surface area (TPSA) is 85.0 Å². The Kier molecular flexibility index (Phi) is 8.44. The molecule has 8 nitrogen and oxygen atoms in total. The van der Waals surface area contributed by atoms with Crippen molar-refractivity contribution in [1.29, 1.82) is 0 Å². The second-order valence-electron chi connectivity index (χ2n) is 10.3. The molecule has 188 valence electrons. The molecule has 4 amide bonds. The molecular formula is C26H41N5O3. The van der Waals surface area contributed by atoms with Gasteiger partial charge >= 0.3 is 6.03 Å². The van der Waals surface area contributed by atoms with E-state index in [1.165, 1.54) is 0 Å². The van der Waals surface area contributed by atoms with Crippen molar-refractivity contribution in [2.75, 3.05) is 49.5 Å². The van der Waals surface area contributed by atoms with Gasteiger partial charge in [-0.15, -0.1) is 0 Å². The molecule has 1 saturated heterocycles. The number of benzene rings is 1. The second kappa shape index (κ2) is 11.1. The third-order valence-electron chi connectivity index (χ3n) is 6.66. The van der Waals surface area contributed by atoms with Crippen molar-refractivity contribution in [2.24, 2.45) is 5.92 Å². The van der Waals surface area contributed by atoms with Crippen LogP contribution in [0.25, 0.3) is 0 Å². The largest absolute Gasteiger partial charge is 0.367 e. The molecule has 1 aromatic rings. The summed E-state index contributed by atoms with van der Waals surface area (Å²) in [5.74, 6) is 0.0729. The van der Waals surface area contributed by atoms with Crippen LogP contribution in [0.15, 0.2) is 18.2 Å². The van der Waals surface area contributed by atoms with Crippen LogP contribution in [0.4, 0.5) is 16.2 Å². The number of urea groups is 1. The van der Waals surface area contributed by atoms with Crippen LogP contribution in [0.5, 0.6) is 0 Å². The Bertz CT molecular complexity index is 877. The van der Waals surface area contributed by atoms with Gasteiger partial charge in [-0.05, 0) is 65.7 Å². The maximum absolute atomic E-state index is 13.4. The molecule has 1 heterocycles. The number of rotatable bonds is 6. The minimum atomic E-state index is -0.281. The Hall–Kier alpha value is -2.77. The lowest BCUT2D eigenvalue weighted by Gasteiger charge is -2.38. The normalized spacial score (nSPS) is 17.0. The van der Waals surface area contributed by atoms with Crippen molar-refractivity contribution in [3.8, 4) is 0 Å². The summed E-state index contributed by atoms with van der Waals surface area (Å²) in [5, 5.41) is 6.06. The Balaban J connectivity index is 1.78. The lowest BCUT2D eigenvalue weighted by molar-refractivity contribution is -0.119. The van der Waals surface area contributed by atoms with Crippen LogP contribution in [0.2, 0.25) is 0 Å². The summed E-state index contributed by atoms with van der Waals surface area (Å²) in [6.45, 7) is 13.6. The van der Waals surface area contributed by atoms with E-state index in [0.29, 0.717) is 50.5 Å². The predicted octanol–water partition coefficient (Wildman–Crippen LogP) is 3.93. The third-order valence-corrected chi connectivity index (χ3v) is 6.66. The fourth-order valence-electron chi connectivity index (χ4n) is 4.72. The van der Waals surface area contributed by atoms with Crippen LogP contribution >= 0.6 is 0 Å². The van der Waals surface area contributed by atoms with Crippen LogP contribution in [0.1, 0.15) is 70.7 Å². The van der Waals surface area contributed by atoms with E-state index < -0.39 is 0 Å². The highest BCUT2D eigenvalue weighted by Gasteiger charge is 2.28. The van der Waals surface area contributed by atoms with Crippen LogP contribution in [0, 0.1) is 5.92 Å². The van der Waals surface area contributed by atoms with Crippen molar-refractivity contribution >= 4 is 29.2 Å². The third kappa shape index (κ3) is 6.42. The summed E-state index contributed by atoms with van der Waals surface area (Å²) in [4.78, 5) is 44.4. The first-order valence-electron chi connectivity index (χ1n) is 12.7. The number of carbonyl (C=O) groups is 3. The maximum atomic E-state index is 13.4. The molecule has 1 saturated carbocycles. The van der Waals surface area contributed by atoms with Gasteiger partial charge in [-0.2, -0.15) is 0 Å². The molecule has 2 N–H and O–H groups in total. The lowest BCUT2D eigenvalue weighted by Crippen LogP contribution is -2.55. The molecule has 0 atom stereocenters. The highest BCUT2D eigenvalue weighted by molar-refractivity contribution is 6.02. The monoisotopic (exact) mass is 471 g/mol. The number of carbonyl (C=O) groups excluding carboxylic acids is 3. The molecule has 2 aliphatic rings. The van der Waals surface area contributed by atoms with Crippen molar-refractivity contribution < 1.29 is 14.4 Å². The molecule has 3 rings (SSSR count). The molecule has 1 aromatic carbocycles. The molecular weight excluding hydrogens is 430 g/mol. The van der Waals surface area contributed by atoms with Gasteiger partial charge in [-0.25, -0.2) is 4.79 Å². The van der Waals surface area contributed by atoms with Crippen molar-refractivity contribution in [2.45, 2.75) is 65.8 Å². The minimum absolute atomic E-state index is 0.0372. The fraction of sp³-hybridized carbons (Fsp3) is 0.654. The van der Waals surface area contributed by atoms with Crippen molar-refractivity contribution in [3.05, 3.63) is 23.8 Å².